The Bertz CT molecular complexity index is 985. The Balaban J connectivity index is 2.37. The fourth-order valence-electron chi connectivity index (χ4n) is 2.72. The number of carbonyl (C=O) groups excluding carboxylic acids is 1. The van der Waals surface area contributed by atoms with Crippen LogP contribution in [0.1, 0.15) is 17.3 Å². The minimum Gasteiger partial charge on any atom is -0.354 e. The van der Waals surface area contributed by atoms with Gasteiger partial charge in [0.2, 0.25) is 0 Å². The van der Waals surface area contributed by atoms with Crippen molar-refractivity contribution in [1.29, 1.82) is 0 Å². The van der Waals surface area contributed by atoms with E-state index in [-0.39, 0.29) is 5.78 Å². The maximum absolute atomic E-state index is 11.9. The number of aromatic nitrogens is 3. The standard InChI is InChI=1S/C16H11N3O/c1-9(20)11-8-13-16(18-7-6-17-13)14-10-4-2-3-5-12(10)19-15(11)14/h2-8,19H,1H3. The van der Waals surface area contributed by atoms with E-state index in [0.717, 1.165) is 32.8 Å². The molecule has 96 valence electrons. The van der Waals surface area contributed by atoms with Crippen LogP contribution in [0.25, 0.3) is 32.8 Å². The molecule has 0 bridgehead atoms. The SMILES string of the molecule is CC(=O)c1cc2nccnc2c2c1[nH]c1ccccc12. The van der Waals surface area contributed by atoms with Crippen LogP contribution < -0.4 is 0 Å². The number of benzene rings is 2. The van der Waals surface area contributed by atoms with Crippen molar-refractivity contribution in [2.45, 2.75) is 6.92 Å². The molecule has 4 nitrogen and oxygen atoms in total. The molecule has 0 saturated heterocycles. The van der Waals surface area contributed by atoms with Crippen molar-refractivity contribution in [3.63, 3.8) is 0 Å². The fourth-order valence-corrected chi connectivity index (χ4v) is 2.72. The van der Waals surface area contributed by atoms with E-state index in [2.05, 4.69) is 15.0 Å². The number of carbonyl (C=O) groups is 1. The van der Waals surface area contributed by atoms with Gasteiger partial charge in [-0.2, -0.15) is 0 Å². The Morgan fingerprint density at radius 3 is 2.80 bits per heavy atom. The van der Waals surface area contributed by atoms with Crippen molar-refractivity contribution in [3.8, 4) is 0 Å². The zero-order valence-corrected chi connectivity index (χ0v) is 10.8. The maximum Gasteiger partial charge on any atom is 0.161 e. The zero-order valence-electron chi connectivity index (χ0n) is 10.8. The van der Waals surface area contributed by atoms with Crippen LogP contribution >= 0.6 is 0 Å². The number of aromatic amines is 1. The van der Waals surface area contributed by atoms with Crippen LogP contribution in [0.3, 0.4) is 0 Å². The highest BCUT2D eigenvalue weighted by Crippen LogP contribution is 2.32. The summed E-state index contributed by atoms with van der Waals surface area (Å²) in [6, 6.07) is 9.80. The smallest absolute Gasteiger partial charge is 0.161 e. The van der Waals surface area contributed by atoms with E-state index in [1.807, 2.05) is 30.3 Å². The molecular formula is C16H11N3O. The second-order valence-corrected chi connectivity index (χ2v) is 4.82. The number of ketones is 1. The second-order valence-electron chi connectivity index (χ2n) is 4.82. The van der Waals surface area contributed by atoms with Crippen LogP contribution in [0.5, 0.6) is 0 Å². The van der Waals surface area contributed by atoms with Gasteiger partial charge in [-0.3, -0.25) is 14.8 Å². The normalized spacial score (nSPS) is 11.4. The summed E-state index contributed by atoms with van der Waals surface area (Å²) in [4.78, 5) is 24.0. The highest BCUT2D eigenvalue weighted by molar-refractivity contribution is 6.23. The first-order valence-electron chi connectivity index (χ1n) is 6.41. The largest absolute Gasteiger partial charge is 0.354 e. The molecular weight excluding hydrogens is 250 g/mol. The van der Waals surface area contributed by atoms with Crippen LogP contribution in [-0.2, 0) is 0 Å². The highest BCUT2D eigenvalue weighted by Gasteiger charge is 2.15. The molecule has 2 aromatic heterocycles. The van der Waals surface area contributed by atoms with Gasteiger partial charge in [0.15, 0.2) is 5.78 Å². The molecule has 2 heterocycles. The summed E-state index contributed by atoms with van der Waals surface area (Å²) in [6.45, 7) is 1.57. The van der Waals surface area contributed by atoms with E-state index in [1.54, 1.807) is 19.3 Å². The number of hydrogen-bond donors (Lipinski definition) is 1. The second kappa shape index (κ2) is 3.87. The quantitative estimate of drug-likeness (QED) is 0.534. The summed E-state index contributed by atoms with van der Waals surface area (Å²) in [5.74, 6) is 0.0223. The number of H-pyrrole nitrogens is 1. The predicted octanol–water partition coefficient (Wildman–Crippen LogP) is 3.47. The highest BCUT2D eigenvalue weighted by atomic mass is 16.1. The van der Waals surface area contributed by atoms with Gasteiger partial charge in [0.1, 0.15) is 0 Å². The molecule has 0 aliphatic rings. The van der Waals surface area contributed by atoms with Crippen LogP contribution in [-0.4, -0.2) is 20.7 Å². The molecule has 0 aliphatic carbocycles. The number of nitrogens with zero attached hydrogens (tertiary/aromatic N) is 2. The van der Waals surface area contributed by atoms with E-state index < -0.39 is 0 Å². The molecule has 0 amide bonds. The van der Waals surface area contributed by atoms with Crippen molar-refractivity contribution >= 4 is 38.6 Å². The van der Waals surface area contributed by atoms with Gasteiger partial charge in [0.05, 0.1) is 16.6 Å². The van der Waals surface area contributed by atoms with Gasteiger partial charge in [-0.15, -0.1) is 0 Å². The van der Waals surface area contributed by atoms with Crippen molar-refractivity contribution in [2.75, 3.05) is 0 Å². The maximum atomic E-state index is 11.9. The van der Waals surface area contributed by atoms with E-state index in [1.165, 1.54) is 0 Å². The first kappa shape index (κ1) is 11.1. The van der Waals surface area contributed by atoms with Gasteiger partial charge in [0.25, 0.3) is 0 Å². The molecule has 2 aromatic carbocycles. The number of rotatable bonds is 1. The Hall–Kier alpha value is -2.75. The van der Waals surface area contributed by atoms with Gasteiger partial charge in [0, 0.05) is 34.2 Å². The summed E-state index contributed by atoms with van der Waals surface area (Å²) in [7, 11) is 0. The lowest BCUT2D eigenvalue weighted by molar-refractivity contribution is 0.101. The van der Waals surface area contributed by atoms with E-state index in [4.69, 9.17) is 0 Å². The van der Waals surface area contributed by atoms with Gasteiger partial charge in [-0.1, -0.05) is 18.2 Å². The van der Waals surface area contributed by atoms with Gasteiger partial charge >= 0.3 is 0 Å². The summed E-state index contributed by atoms with van der Waals surface area (Å²) < 4.78 is 0. The Morgan fingerprint density at radius 2 is 1.95 bits per heavy atom. The number of para-hydroxylation sites is 1. The summed E-state index contributed by atoms with van der Waals surface area (Å²) >= 11 is 0. The average Bonchev–Trinajstić information content (AvgIpc) is 2.85. The first-order chi connectivity index (χ1) is 9.75. The monoisotopic (exact) mass is 261 g/mol. The van der Waals surface area contributed by atoms with Crippen molar-refractivity contribution in [1.82, 2.24) is 15.0 Å². The van der Waals surface area contributed by atoms with E-state index >= 15 is 0 Å². The zero-order chi connectivity index (χ0) is 13.7. The molecule has 0 radical (unpaired) electrons. The molecule has 0 spiro atoms. The molecule has 20 heavy (non-hydrogen) atoms. The molecule has 0 atom stereocenters. The Labute approximate surface area is 114 Å². The minimum absolute atomic E-state index is 0.0223. The molecule has 1 N–H and O–H groups in total. The van der Waals surface area contributed by atoms with Crippen LogP contribution in [0.2, 0.25) is 0 Å². The predicted molar refractivity (Wildman–Crippen MR) is 78.9 cm³/mol. The third-order valence-electron chi connectivity index (χ3n) is 3.60. The van der Waals surface area contributed by atoms with Crippen LogP contribution in [0, 0.1) is 0 Å². The lowest BCUT2D eigenvalue weighted by atomic mass is 10.0. The lowest BCUT2D eigenvalue weighted by Gasteiger charge is -2.03. The number of hydrogen-bond acceptors (Lipinski definition) is 3. The molecule has 4 rings (SSSR count). The third-order valence-corrected chi connectivity index (χ3v) is 3.60. The average molecular weight is 261 g/mol. The Morgan fingerprint density at radius 1 is 1.15 bits per heavy atom. The van der Waals surface area contributed by atoms with Crippen molar-refractivity contribution in [2.24, 2.45) is 0 Å². The van der Waals surface area contributed by atoms with Gasteiger partial charge in [-0.05, 0) is 19.1 Å². The summed E-state index contributed by atoms with van der Waals surface area (Å²) in [6.07, 6.45) is 3.32. The lowest BCUT2D eigenvalue weighted by Crippen LogP contribution is -1.95. The number of nitrogens with one attached hydrogen (secondary N) is 1. The van der Waals surface area contributed by atoms with Gasteiger partial charge in [-0.25, -0.2) is 0 Å². The number of fused-ring (bicyclic) bond motifs is 5. The molecule has 4 aromatic rings. The fraction of sp³-hybridized carbons (Fsp3) is 0.0625. The van der Waals surface area contributed by atoms with E-state index in [9.17, 15) is 4.79 Å². The summed E-state index contributed by atoms with van der Waals surface area (Å²) in [5.41, 5.74) is 4.07. The molecule has 0 aliphatic heterocycles. The molecule has 4 heteroatoms. The minimum atomic E-state index is 0.0223. The van der Waals surface area contributed by atoms with Gasteiger partial charge < -0.3 is 4.98 Å². The molecule has 0 unspecified atom stereocenters. The van der Waals surface area contributed by atoms with Crippen molar-refractivity contribution < 1.29 is 4.79 Å². The molecule has 0 saturated carbocycles. The van der Waals surface area contributed by atoms with Crippen LogP contribution in [0.4, 0.5) is 0 Å². The first-order valence-corrected chi connectivity index (χ1v) is 6.41. The Kier molecular flexibility index (Phi) is 2.15. The number of Topliss-reactive ketones (excluding diaryl/α,β-unsaturated/α-hetero) is 1. The summed E-state index contributed by atoms with van der Waals surface area (Å²) in [5, 5.41) is 2.03. The van der Waals surface area contributed by atoms with Crippen LogP contribution in [0.15, 0.2) is 42.7 Å². The van der Waals surface area contributed by atoms with E-state index in [0.29, 0.717) is 5.56 Å². The molecule has 0 fully saturated rings. The third kappa shape index (κ3) is 1.39. The topological polar surface area (TPSA) is 58.6 Å². The van der Waals surface area contributed by atoms with Crippen molar-refractivity contribution in [3.05, 3.63) is 48.3 Å².